The van der Waals surface area contributed by atoms with Gasteiger partial charge in [0.2, 0.25) is 5.24 Å². The molecule has 86 valence electrons. The quantitative estimate of drug-likeness (QED) is 0.597. The van der Waals surface area contributed by atoms with Crippen LogP contribution in [0.5, 0.6) is 0 Å². The molecule has 1 fully saturated rings. The number of benzene rings is 1. The Bertz CT molecular complexity index is 405. The molecule has 2 unspecified atom stereocenters. The molecular weight excluding hydrogens is 236 g/mol. The summed E-state index contributed by atoms with van der Waals surface area (Å²) in [6, 6.07) is 8.77. The maximum Gasteiger partial charge on any atom is 0.225 e. The Morgan fingerprint density at radius 2 is 1.81 bits per heavy atom. The predicted molar refractivity (Wildman–Crippen MR) is 71.1 cm³/mol. The Kier molecular flexibility index (Phi) is 2.97. The van der Waals surface area contributed by atoms with Gasteiger partial charge in [-0.1, -0.05) is 49.1 Å². The minimum Gasteiger partial charge on any atom is -0.281 e. The molecule has 1 aromatic carbocycles. The fourth-order valence-corrected chi connectivity index (χ4v) is 3.45. The average molecular weight is 253 g/mol. The minimum atomic E-state index is -1.20. The predicted octanol–water partition coefficient (Wildman–Crippen LogP) is 3.10. The van der Waals surface area contributed by atoms with Gasteiger partial charge in [0, 0.05) is 5.92 Å². The highest BCUT2D eigenvalue weighted by Crippen LogP contribution is 2.48. The van der Waals surface area contributed by atoms with Crippen LogP contribution in [0, 0.1) is 5.92 Å². The fraction of sp³-hybridized carbons (Fsp3) is 0.462. The van der Waals surface area contributed by atoms with E-state index in [1.807, 2.05) is 0 Å². The molecule has 1 saturated carbocycles. The monoisotopic (exact) mass is 252 g/mol. The molecule has 2 rings (SSSR count). The zero-order valence-electron chi connectivity index (χ0n) is 9.96. The van der Waals surface area contributed by atoms with Crippen molar-refractivity contribution in [2.24, 2.45) is 5.92 Å². The van der Waals surface area contributed by atoms with Gasteiger partial charge in [0.1, 0.15) is 0 Å². The van der Waals surface area contributed by atoms with Crippen LogP contribution in [-0.4, -0.2) is 13.3 Å². The highest BCUT2D eigenvalue weighted by Gasteiger charge is 2.43. The number of carbonyl (C=O) groups is 1. The molecular formula is C13H17ClOSi. The lowest BCUT2D eigenvalue weighted by atomic mass is 10.1. The van der Waals surface area contributed by atoms with E-state index in [-0.39, 0.29) is 11.2 Å². The van der Waals surface area contributed by atoms with Crippen molar-refractivity contribution < 1.29 is 4.79 Å². The van der Waals surface area contributed by atoms with Gasteiger partial charge in [-0.25, -0.2) is 0 Å². The summed E-state index contributed by atoms with van der Waals surface area (Å²) in [4.78, 5) is 11.0. The third kappa shape index (κ3) is 2.38. The topological polar surface area (TPSA) is 17.1 Å². The number of halogens is 1. The lowest BCUT2D eigenvalue weighted by Gasteiger charge is -2.16. The Hall–Kier alpha value is -0.603. The molecule has 0 bridgehead atoms. The normalized spacial score (nSPS) is 24.2. The van der Waals surface area contributed by atoms with Gasteiger partial charge in [-0.15, -0.1) is 0 Å². The van der Waals surface area contributed by atoms with Gasteiger partial charge in [-0.05, 0) is 29.5 Å². The molecule has 0 amide bonds. The molecule has 0 heterocycles. The third-order valence-electron chi connectivity index (χ3n) is 3.29. The van der Waals surface area contributed by atoms with Crippen LogP contribution in [0.3, 0.4) is 0 Å². The molecule has 3 heteroatoms. The molecule has 0 N–H and O–H groups in total. The SMILES string of the molecule is C[Si](C)(C)c1ccc(C2CC2C(=O)Cl)cc1. The van der Waals surface area contributed by atoms with Crippen molar-refractivity contribution in [3.63, 3.8) is 0 Å². The van der Waals surface area contributed by atoms with E-state index in [1.165, 1.54) is 10.8 Å². The largest absolute Gasteiger partial charge is 0.281 e. The van der Waals surface area contributed by atoms with Crippen molar-refractivity contribution >= 4 is 30.1 Å². The van der Waals surface area contributed by atoms with Crippen molar-refractivity contribution in [3.05, 3.63) is 29.8 Å². The van der Waals surface area contributed by atoms with Gasteiger partial charge >= 0.3 is 0 Å². The van der Waals surface area contributed by atoms with E-state index in [9.17, 15) is 4.79 Å². The summed E-state index contributed by atoms with van der Waals surface area (Å²) in [5, 5.41) is 1.28. The van der Waals surface area contributed by atoms with Gasteiger partial charge in [0.15, 0.2) is 0 Å². The van der Waals surface area contributed by atoms with Crippen LogP contribution in [0.1, 0.15) is 17.9 Å². The summed E-state index contributed by atoms with van der Waals surface area (Å²) < 4.78 is 0. The van der Waals surface area contributed by atoms with Crippen LogP contribution in [0.15, 0.2) is 24.3 Å². The van der Waals surface area contributed by atoms with Crippen LogP contribution >= 0.6 is 11.6 Å². The van der Waals surface area contributed by atoms with Crippen LogP contribution in [0.2, 0.25) is 19.6 Å². The Morgan fingerprint density at radius 1 is 1.25 bits per heavy atom. The minimum absolute atomic E-state index is 0.0689. The molecule has 2 atom stereocenters. The first-order valence-electron chi connectivity index (χ1n) is 5.69. The third-order valence-corrected chi connectivity index (χ3v) is 5.63. The number of hydrogen-bond donors (Lipinski definition) is 0. The van der Waals surface area contributed by atoms with Gasteiger partial charge in [0.05, 0.1) is 8.07 Å². The van der Waals surface area contributed by atoms with Crippen molar-refractivity contribution in [2.45, 2.75) is 32.0 Å². The van der Waals surface area contributed by atoms with Crippen LogP contribution in [0.4, 0.5) is 0 Å². The van der Waals surface area contributed by atoms with Gasteiger partial charge in [0.25, 0.3) is 0 Å². The smallest absolute Gasteiger partial charge is 0.225 e. The number of rotatable bonds is 3. The van der Waals surface area contributed by atoms with E-state index < -0.39 is 8.07 Å². The van der Waals surface area contributed by atoms with E-state index in [0.717, 1.165) is 6.42 Å². The Balaban J connectivity index is 2.13. The molecule has 0 aliphatic heterocycles. The zero-order chi connectivity index (χ0) is 11.9. The van der Waals surface area contributed by atoms with Crippen molar-refractivity contribution in [1.29, 1.82) is 0 Å². The van der Waals surface area contributed by atoms with Gasteiger partial charge < -0.3 is 0 Å². The van der Waals surface area contributed by atoms with E-state index >= 15 is 0 Å². The maximum atomic E-state index is 11.0. The molecule has 0 spiro atoms. The van der Waals surface area contributed by atoms with Gasteiger partial charge in [-0.3, -0.25) is 4.79 Å². The molecule has 1 aliphatic rings. The Labute approximate surface area is 103 Å². The summed E-state index contributed by atoms with van der Waals surface area (Å²) in [7, 11) is -1.20. The molecule has 0 saturated heterocycles. The highest BCUT2D eigenvalue weighted by molar-refractivity contribution is 6.88. The van der Waals surface area contributed by atoms with E-state index in [1.54, 1.807) is 0 Å². The molecule has 16 heavy (non-hydrogen) atoms. The number of carbonyl (C=O) groups excluding carboxylic acids is 1. The highest BCUT2D eigenvalue weighted by atomic mass is 35.5. The molecule has 0 radical (unpaired) electrons. The van der Waals surface area contributed by atoms with E-state index in [0.29, 0.717) is 5.92 Å². The molecule has 1 aliphatic carbocycles. The lowest BCUT2D eigenvalue weighted by molar-refractivity contribution is -0.112. The summed E-state index contributed by atoms with van der Waals surface area (Å²) in [5.41, 5.74) is 1.26. The van der Waals surface area contributed by atoms with Crippen LogP contribution < -0.4 is 5.19 Å². The summed E-state index contributed by atoms with van der Waals surface area (Å²) >= 11 is 5.49. The first kappa shape index (κ1) is 11.9. The van der Waals surface area contributed by atoms with Crippen molar-refractivity contribution in [2.75, 3.05) is 0 Å². The molecule has 1 aromatic rings. The van der Waals surface area contributed by atoms with E-state index in [2.05, 4.69) is 43.9 Å². The molecule has 1 nitrogen and oxygen atoms in total. The second kappa shape index (κ2) is 4.01. The maximum absolute atomic E-state index is 11.0. The van der Waals surface area contributed by atoms with Crippen molar-refractivity contribution in [3.8, 4) is 0 Å². The summed E-state index contributed by atoms with van der Waals surface area (Å²) in [5.74, 6) is 0.445. The van der Waals surface area contributed by atoms with Gasteiger partial charge in [-0.2, -0.15) is 0 Å². The first-order valence-corrected chi connectivity index (χ1v) is 9.57. The van der Waals surface area contributed by atoms with E-state index in [4.69, 9.17) is 11.6 Å². The lowest BCUT2D eigenvalue weighted by Crippen LogP contribution is -2.37. The van der Waals surface area contributed by atoms with Crippen molar-refractivity contribution in [1.82, 2.24) is 0 Å². The second-order valence-corrected chi connectivity index (χ2v) is 11.1. The average Bonchev–Trinajstić information content (AvgIpc) is 2.96. The summed E-state index contributed by atoms with van der Waals surface area (Å²) in [6.07, 6.45) is 0.925. The zero-order valence-corrected chi connectivity index (χ0v) is 11.7. The fourth-order valence-electron chi connectivity index (χ4n) is 2.04. The Morgan fingerprint density at radius 3 is 2.19 bits per heavy atom. The second-order valence-electron chi connectivity index (χ2n) is 5.62. The summed E-state index contributed by atoms with van der Waals surface area (Å²) in [6.45, 7) is 7.01. The number of hydrogen-bond acceptors (Lipinski definition) is 1. The first-order chi connectivity index (χ1) is 7.39. The molecule has 0 aromatic heterocycles. The van der Waals surface area contributed by atoms with Crippen LogP contribution in [-0.2, 0) is 4.79 Å². The standard InChI is InChI=1S/C13H17ClOSi/c1-16(2,3)10-6-4-9(5-7-10)11-8-12(11)13(14)15/h4-7,11-12H,8H2,1-3H3. The van der Waals surface area contributed by atoms with Crippen LogP contribution in [0.25, 0.3) is 0 Å².